The summed E-state index contributed by atoms with van der Waals surface area (Å²) in [7, 11) is 3.15. The topological polar surface area (TPSA) is 47.6 Å². The molecular formula is C17H17BrFNO3. The normalized spacial score (nSPS) is 10.3. The number of hydrogen-bond acceptors (Lipinski definition) is 3. The molecule has 2 rings (SSSR count). The molecule has 0 bridgehead atoms. The van der Waals surface area contributed by atoms with Gasteiger partial charge < -0.3 is 14.8 Å². The predicted octanol–water partition coefficient (Wildman–Crippen LogP) is 3.58. The zero-order valence-corrected chi connectivity index (χ0v) is 14.4. The van der Waals surface area contributed by atoms with Crippen LogP contribution in [0.5, 0.6) is 11.5 Å². The molecule has 0 saturated heterocycles. The highest BCUT2D eigenvalue weighted by Crippen LogP contribution is 2.33. The standard InChI is InChI=1S/C17H17BrFNO3/c1-22-15-9-12(14(18)10-16(15)23-2)7-8-20-17(21)11-3-5-13(19)6-4-11/h3-6,9-10H,7-8H2,1-2H3,(H,20,21). The summed E-state index contributed by atoms with van der Waals surface area (Å²) in [6, 6.07) is 9.14. The molecule has 0 aromatic heterocycles. The Morgan fingerprint density at radius 3 is 2.35 bits per heavy atom. The summed E-state index contributed by atoms with van der Waals surface area (Å²) in [5, 5.41) is 2.81. The second kappa shape index (κ2) is 7.97. The first kappa shape index (κ1) is 17.3. The maximum absolute atomic E-state index is 12.8. The number of methoxy groups -OCH3 is 2. The van der Waals surface area contributed by atoms with Crippen LogP contribution in [0.4, 0.5) is 4.39 Å². The Kier molecular flexibility index (Phi) is 5.98. The maximum atomic E-state index is 12.8. The molecule has 0 aliphatic heterocycles. The molecule has 0 atom stereocenters. The predicted molar refractivity (Wildman–Crippen MR) is 89.7 cm³/mol. The largest absolute Gasteiger partial charge is 0.493 e. The number of carbonyl (C=O) groups is 1. The van der Waals surface area contributed by atoms with E-state index in [2.05, 4.69) is 21.2 Å². The third-order valence-corrected chi connectivity index (χ3v) is 4.08. The highest BCUT2D eigenvalue weighted by atomic mass is 79.9. The van der Waals surface area contributed by atoms with E-state index in [1.165, 1.54) is 24.3 Å². The molecule has 1 N–H and O–H groups in total. The summed E-state index contributed by atoms with van der Waals surface area (Å²) in [4.78, 5) is 12.0. The van der Waals surface area contributed by atoms with E-state index < -0.39 is 0 Å². The maximum Gasteiger partial charge on any atom is 0.251 e. The van der Waals surface area contributed by atoms with Crippen LogP contribution in [0.15, 0.2) is 40.9 Å². The van der Waals surface area contributed by atoms with Crippen LogP contribution < -0.4 is 14.8 Å². The van der Waals surface area contributed by atoms with E-state index in [1.54, 1.807) is 14.2 Å². The van der Waals surface area contributed by atoms with Gasteiger partial charge in [-0.15, -0.1) is 0 Å². The Morgan fingerprint density at radius 2 is 1.74 bits per heavy atom. The van der Waals surface area contributed by atoms with Gasteiger partial charge in [0.1, 0.15) is 5.82 Å². The van der Waals surface area contributed by atoms with E-state index in [-0.39, 0.29) is 11.7 Å². The molecule has 0 aliphatic rings. The molecule has 0 fully saturated rings. The van der Waals surface area contributed by atoms with Crippen LogP contribution in [-0.4, -0.2) is 26.7 Å². The van der Waals surface area contributed by atoms with Crippen molar-refractivity contribution in [3.63, 3.8) is 0 Å². The lowest BCUT2D eigenvalue weighted by Gasteiger charge is -2.12. The lowest BCUT2D eigenvalue weighted by atomic mass is 10.1. The molecule has 0 spiro atoms. The molecule has 2 aromatic carbocycles. The number of amides is 1. The van der Waals surface area contributed by atoms with Crippen LogP contribution in [0, 0.1) is 5.82 Å². The van der Waals surface area contributed by atoms with Crippen molar-refractivity contribution in [2.24, 2.45) is 0 Å². The van der Waals surface area contributed by atoms with E-state index in [0.29, 0.717) is 30.0 Å². The van der Waals surface area contributed by atoms with Crippen LogP contribution in [0.2, 0.25) is 0 Å². The molecule has 23 heavy (non-hydrogen) atoms. The third kappa shape index (κ3) is 4.45. The lowest BCUT2D eigenvalue weighted by Crippen LogP contribution is -2.25. The van der Waals surface area contributed by atoms with Crippen molar-refractivity contribution in [1.82, 2.24) is 5.32 Å². The first-order chi connectivity index (χ1) is 11.0. The minimum Gasteiger partial charge on any atom is -0.493 e. The van der Waals surface area contributed by atoms with Gasteiger partial charge in [0.15, 0.2) is 11.5 Å². The molecule has 1 amide bonds. The van der Waals surface area contributed by atoms with E-state index in [1.807, 2.05) is 12.1 Å². The highest BCUT2D eigenvalue weighted by Gasteiger charge is 2.10. The number of benzene rings is 2. The number of hydrogen-bond donors (Lipinski definition) is 1. The zero-order valence-electron chi connectivity index (χ0n) is 12.9. The summed E-state index contributed by atoms with van der Waals surface area (Å²) in [5.74, 6) is 0.673. The Bertz CT molecular complexity index is 689. The molecule has 0 radical (unpaired) electrons. The average Bonchev–Trinajstić information content (AvgIpc) is 2.56. The van der Waals surface area contributed by atoms with Crippen molar-refractivity contribution in [3.05, 3.63) is 57.8 Å². The van der Waals surface area contributed by atoms with Gasteiger partial charge in [-0.1, -0.05) is 15.9 Å². The van der Waals surface area contributed by atoms with Crippen LogP contribution in [0.3, 0.4) is 0 Å². The molecule has 0 aliphatic carbocycles. The average molecular weight is 382 g/mol. The Hall–Kier alpha value is -2.08. The summed E-state index contributed by atoms with van der Waals surface area (Å²) in [6.07, 6.45) is 0.619. The van der Waals surface area contributed by atoms with Gasteiger partial charge in [-0.2, -0.15) is 0 Å². The summed E-state index contributed by atoms with van der Waals surface area (Å²) in [5.41, 5.74) is 1.42. The van der Waals surface area contributed by atoms with E-state index in [0.717, 1.165) is 10.0 Å². The van der Waals surface area contributed by atoms with E-state index in [9.17, 15) is 9.18 Å². The summed E-state index contributed by atoms with van der Waals surface area (Å²) in [6.45, 7) is 0.449. The second-order valence-electron chi connectivity index (χ2n) is 4.81. The molecule has 0 heterocycles. The zero-order chi connectivity index (χ0) is 16.8. The monoisotopic (exact) mass is 381 g/mol. The number of ether oxygens (including phenoxy) is 2. The highest BCUT2D eigenvalue weighted by molar-refractivity contribution is 9.10. The van der Waals surface area contributed by atoms with Crippen molar-refractivity contribution in [2.75, 3.05) is 20.8 Å². The SMILES string of the molecule is COc1cc(Br)c(CCNC(=O)c2ccc(F)cc2)cc1OC. The lowest BCUT2D eigenvalue weighted by molar-refractivity contribution is 0.0954. The van der Waals surface area contributed by atoms with Gasteiger partial charge in [-0.25, -0.2) is 4.39 Å². The van der Waals surface area contributed by atoms with Gasteiger partial charge in [0.2, 0.25) is 0 Å². The molecule has 0 saturated carbocycles. The molecule has 0 unspecified atom stereocenters. The minimum absolute atomic E-state index is 0.235. The first-order valence-corrected chi connectivity index (χ1v) is 7.78. The molecule has 6 heteroatoms. The number of rotatable bonds is 6. The first-order valence-electron chi connectivity index (χ1n) is 6.99. The second-order valence-corrected chi connectivity index (χ2v) is 5.67. The van der Waals surface area contributed by atoms with Gasteiger partial charge >= 0.3 is 0 Å². The van der Waals surface area contributed by atoms with Crippen LogP contribution >= 0.6 is 15.9 Å². The smallest absolute Gasteiger partial charge is 0.251 e. The summed E-state index contributed by atoms with van der Waals surface area (Å²) >= 11 is 3.48. The Labute approximate surface area is 142 Å². The van der Waals surface area contributed by atoms with Crippen LogP contribution in [0.1, 0.15) is 15.9 Å². The number of halogens is 2. The third-order valence-electron chi connectivity index (χ3n) is 3.34. The molecular weight excluding hydrogens is 365 g/mol. The fourth-order valence-corrected chi connectivity index (χ4v) is 2.62. The molecule has 122 valence electrons. The number of nitrogens with one attached hydrogen (secondary N) is 1. The quantitative estimate of drug-likeness (QED) is 0.831. The van der Waals surface area contributed by atoms with Gasteiger partial charge in [0.25, 0.3) is 5.91 Å². The van der Waals surface area contributed by atoms with Crippen molar-refractivity contribution >= 4 is 21.8 Å². The van der Waals surface area contributed by atoms with Gasteiger partial charge in [-0.05, 0) is 48.4 Å². The molecule has 2 aromatic rings. The van der Waals surface area contributed by atoms with Gasteiger partial charge in [-0.3, -0.25) is 4.79 Å². The number of carbonyl (C=O) groups excluding carboxylic acids is 1. The minimum atomic E-state index is -0.365. The Balaban J connectivity index is 1.98. The fraction of sp³-hybridized carbons (Fsp3) is 0.235. The fourth-order valence-electron chi connectivity index (χ4n) is 2.10. The van der Waals surface area contributed by atoms with Crippen LogP contribution in [-0.2, 0) is 6.42 Å². The van der Waals surface area contributed by atoms with Gasteiger partial charge in [0, 0.05) is 16.6 Å². The van der Waals surface area contributed by atoms with Crippen molar-refractivity contribution in [1.29, 1.82) is 0 Å². The van der Waals surface area contributed by atoms with E-state index >= 15 is 0 Å². The molecule has 4 nitrogen and oxygen atoms in total. The van der Waals surface area contributed by atoms with Crippen LogP contribution in [0.25, 0.3) is 0 Å². The Morgan fingerprint density at radius 1 is 1.13 bits per heavy atom. The van der Waals surface area contributed by atoms with Crippen molar-refractivity contribution in [3.8, 4) is 11.5 Å². The van der Waals surface area contributed by atoms with Crippen molar-refractivity contribution in [2.45, 2.75) is 6.42 Å². The van der Waals surface area contributed by atoms with Gasteiger partial charge in [0.05, 0.1) is 14.2 Å². The van der Waals surface area contributed by atoms with Crippen molar-refractivity contribution < 1.29 is 18.7 Å². The van der Waals surface area contributed by atoms with E-state index in [4.69, 9.17) is 9.47 Å². The summed E-state index contributed by atoms with van der Waals surface area (Å²) < 4.78 is 24.2.